The summed E-state index contributed by atoms with van der Waals surface area (Å²) in [6.07, 6.45) is 6.38. The SMILES string of the molecule is CCc1nn2c(-c3c(Cl)cc(C)cc3OC)cccc2c1N(CC1CC1)CC1CC1. The normalized spacial score (nSPS) is 16.3. The molecular formula is C25H30ClN3O. The molecule has 0 unspecified atom stereocenters. The lowest BCUT2D eigenvalue weighted by molar-refractivity contribution is 0.416. The second kappa shape index (κ2) is 7.81. The Balaban J connectivity index is 1.68. The van der Waals surface area contributed by atoms with Crippen molar-refractivity contribution < 1.29 is 4.74 Å². The van der Waals surface area contributed by atoms with Crippen LogP contribution in [0.25, 0.3) is 16.8 Å². The molecule has 5 heteroatoms. The van der Waals surface area contributed by atoms with Gasteiger partial charge in [-0.05, 0) is 80.7 Å². The number of rotatable bonds is 8. The Kier molecular flexibility index (Phi) is 5.14. The van der Waals surface area contributed by atoms with Crippen LogP contribution in [0.4, 0.5) is 5.69 Å². The van der Waals surface area contributed by atoms with Gasteiger partial charge in [-0.15, -0.1) is 0 Å². The second-order valence-electron chi connectivity index (χ2n) is 8.97. The van der Waals surface area contributed by atoms with Crippen LogP contribution in [0.2, 0.25) is 5.02 Å². The van der Waals surface area contributed by atoms with E-state index in [0.29, 0.717) is 5.02 Å². The van der Waals surface area contributed by atoms with Crippen molar-refractivity contribution in [3.05, 3.63) is 46.6 Å². The molecule has 0 spiro atoms. The van der Waals surface area contributed by atoms with E-state index in [4.69, 9.17) is 21.4 Å². The van der Waals surface area contributed by atoms with E-state index in [9.17, 15) is 0 Å². The van der Waals surface area contributed by atoms with E-state index >= 15 is 0 Å². The van der Waals surface area contributed by atoms with Gasteiger partial charge in [0, 0.05) is 13.1 Å². The summed E-state index contributed by atoms with van der Waals surface area (Å²) in [5.41, 5.74) is 6.63. The lowest BCUT2D eigenvalue weighted by Gasteiger charge is -2.25. The van der Waals surface area contributed by atoms with Crippen LogP contribution < -0.4 is 9.64 Å². The van der Waals surface area contributed by atoms with Crippen LogP contribution in [-0.4, -0.2) is 29.8 Å². The summed E-state index contributed by atoms with van der Waals surface area (Å²) in [4.78, 5) is 2.63. The molecule has 0 saturated heterocycles. The molecule has 1 aromatic carbocycles. The van der Waals surface area contributed by atoms with Gasteiger partial charge in [0.1, 0.15) is 5.75 Å². The van der Waals surface area contributed by atoms with Gasteiger partial charge in [0.25, 0.3) is 0 Å². The first-order valence-electron chi connectivity index (χ1n) is 11.2. The summed E-state index contributed by atoms with van der Waals surface area (Å²) in [6, 6.07) is 10.5. The van der Waals surface area contributed by atoms with E-state index in [2.05, 4.69) is 34.5 Å². The maximum Gasteiger partial charge on any atom is 0.130 e. The van der Waals surface area contributed by atoms with Gasteiger partial charge in [0.05, 0.1) is 40.3 Å². The van der Waals surface area contributed by atoms with E-state index in [0.717, 1.165) is 53.9 Å². The lowest BCUT2D eigenvalue weighted by atomic mass is 10.1. The Hall–Kier alpha value is -2.20. The number of methoxy groups -OCH3 is 1. The summed E-state index contributed by atoms with van der Waals surface area (Å²) in [6.45, 7) is 6.55. The van der Waals surface area contributed by atoms with E-state index in [-0.39, 0.29) is 0 Å². The molecule has 2 aliphatic carbocycles. The van der Waals surface area contributed by atoms with Crippen molar-refractivity contribution in [1.29, 1.82) is 0 Å². The largest absolute Gasteiger partial charge is 0.496 e. The number of aryl methyl sites for hydroxylation is 2. The Morgan fingerprint density at radius 1 is 1.13 bits per heavy atom. The van der Waals surface area contributed by atoms with E-state index in [1.807, 2.05) is 19.1 Å². The van der Waals surface area contributed by atoms with E-state index in [1.165, 1.54) is 42.6 Å². The minimum atomic E-state index is 0.697. The number of hydrogen-bond acceptors (Lipinski definition) is 3. The van der Waals surface area contributed by atoms with Crippen molar-refractivity contribution in [2.45, 2.75) is 46.0 Å². The zero-order valence-corrected chi connectivity index (χ0v) is 18.9. The number of nitrogens with zero attached hydrogens (tertiary/aromatic N) is 3. The molecule has 2 aliphatic rings. The molecule has 2 fully saturated rings. The first-order chi connectivity index (χ1) is 14.6. The topological polar surface area (TPSA) is 29.8 Å². The predicted molar refractivity (Wildman–Crippen MR) is 124 cm³/mol. The third-order valence-electron chi connectivity index (χ3n) is 6.38. The van der Waals surface area contributed by atoms with Crippen molar-refractivity contribution in [2.75, 3.05) is 25.1 Å². The summed E-state index contributed by atoms with van der Waals surface area (Å²) in [5, 5.41) is 5.78. The van der Waals surface area contributed by atoms with Crippen LogP contribution in [0, 0.1) is 18.8 Å². The van der Waals surface area contributed by atoms with Gasteiger partial charge in [0.2, 0.25) is 0 Å². The van der Waals surface area contributed by atoms with Gasteiger partial charge >= 0.3 is 0 Å². The highest BCUT2D eigenvalue weighted by atomic mass is 35.5. The van der Waals surface area contributed by atoms with Crippen molar-refractivity contribution in [3.8, 4) is 17.0 Å². The average Bonchev–Trinajstić information content (AvgIpc) is 3.66. The summed E-state index contributed by atoms with van der Waals surface area (Å²) >= 11 is 6.71. The Morgan fingerprint density at radius 3 is 2.43 bits per heavy atom. The van der Waals surface area contributed by atoms with Crippen molar-refractivity contribution in [2.24, 2.45) is 11.8 Å². The highest BCUT2D eigenvalue weighted by molar-refractivity contribution is 6.33. The molecule has 0 amide bonds. The van der Waals surface area contributed by atoms with Gasteiger partial charge in [0.15, 0.2) is 0 Å². The number of fused-ring (bicyclic) bond motifs is 1. The molecular weight excluding hydrogens is 394 g/mol. The van der Waals surface area contributed by atoms with Gasteiger partial charge in [-0.2, -0.15) is 5.10 Å². The quantitative estimate of drug-likeness (QED) is 0.434. The number of anilines is 1. The molecule has 0 bridgehead atoms. The minimum Gasteiger partial charge on any atom is -0.496 e. The smallest absolute Gasteiger partial charge is 0.130 e. The summed E-state index contributed by atoms with van der Waals surface area (Å²) in [5.74, 6) is 2.48. The first-order valence-corrected chi connectivity index (χ1v) is 11.6. The summed E-state index contributed by atoms with van der Waals surface area (Å²) < 4.78 is 7.79. The van der Waals surface area contributed by atoms with E-state index < -0.39 is 0 Å². The highest BCUT2D eigenvalue weighted by Gasteiger charge is 2.32. The molecule has 5 rings (SSSR count). The zero-order chi connectivity index (χ0) is 20.8. The van der Waals surface area contributed by atoms with Crippen LogP contribution >= 0.6 is 11.6 Å². The average molecular weight is 424 g/mol. The lowest BCUT2D eigenvalue weighted by Crippen LogP contribution is -2.28. The molecule has 2 saturated carbocycles. The molecule has 0 aliphatic heterocycles. The molecule has 0 atom stereocenters. The molecule has 3 aromatic rings. The Labute approximate surface area is 183 Å². The molecule has 30 heavy (non-hydrogen) atoms. The Morgan fingerprint density at radius 2 is 1.83 bits per heavy atom. The second-order valence-corrected chi connectivity index (χ2v) is 9.38. The molecule has 0 N–H and O–H groups in total. The highest BCUT2D eigenvalue weighted by Crippen LogP contribution is 2.41. The van der Waals surface area contributed by atoms with Gasteiger partial charge in [-0.3, -0.25) is 0 Å². The van der Waals surface area contributed by atoms with E-state index in [1.54, 1.807) is 7.11 Å². The maximum atomic E-state index is 6.71. The number of hydrogen-bond donors (Lipinski definition) is 0. The maximum absolute atomic E-state index is 6.71. The number of pyridine rings is 1. The predicted octanol–water partition coefficient (Wildman–Crippen LogP) is 6.16. The van der Waals surface area contributed by atoms with Crippen molar-refractivity contribution >= 4 is 22.8 Å². The van der Waals surface area contributed by atoms with Crippen LogP contribution in [0.3, 0.4) is 0 Å². The zero-order valence-electron chi connectivity index (χ0n) is 18.1. The number of halogens is 1. The van der Waals surface area contributed by atoms with Gasteiger partial charge in [-0.1, -0.05) is 24.6 Å². The third-order valence-corrected chi connectivity index (χ3v) is 6.68. The summed E-state index contributed by atoms with van der Waals surface area (Å²) in [7, 11) is 1.70. The fourth-order valence-electron chi connectivity index (χ4n) is 4.48. The first kappa shape index (κ1) is 19.7. The number of aromatic nitrogens is 2. The molecule has 0 radical (unpaired) electrons. The van der Waals surface area contributed by atoms with Gasteiger partial charge in [-0.25, -0.2) is 4.52 Å². The molecule has 158 valence electrons. The monoisotopic (exact) mass is 423 g/mol. The third kappa shape index (κ3) is 3.66. The fourth-order valence-corrected chi connectivity index (χ4v) is 4.84. The number of ether oxygens (including phenoxy) is 1. The standard InChI is InChI=1S/C25H30ClN3O/c1-4-20-25(28(14-17-8-9-17)15-18-10-11-18)22-7-5-6-21(29(22)27-20)24-19(26)12-16(2)13-23(24)30-3/h5-7,12-13,17-18H,4,8-11,14-15H2,1-3H3. The molecule has 4 nitrogen and oxygen atoms in total. The number of benzene rings is 1. The van der Waals surface area contributed by atoms with Crippen LogP contribution in [-0.2, 0) is 6.42 Å². The van der Waals surface area contributed by atoms with Crippen LogP contribution in [0.1, 0.15) is 43.9 Å². The van der Waals surface area contributed by atoms with Crippen molar-refractivity contribution in [1.82, 2.24) is 9.61 Å². The molecule has 2 heterocycles. The van der Waals surface area contributed by atoms with Crippen LogP contribution in [0.15, 0.2) is 30.3 Å². The van der Waals surface area contributed by atoms with Crippen molar-refractivity contribution in [3.63, 3.8) is 0 Å². The van der Waals surface area contributed by atoms with Crippen LogP contribution in [0.5, 0.6) is 5.75 Å². The molecule has 2 aromatic heterocycles. The Bertz CT molecular complexity index is 1070. The fraction of sp³-hybridized carbons (Fsp3) is 0.480. The van der Waals surface area contributed by atoms with Gasteiger partial charge < -0.3 is 9.64 Å². The minimum absolute atomic E-state index is 0.697.